The monoisotopic (exact) mass is 739 g/mol. The lowest BCUT2D eigenvalue weighted by Gasteiger charge is -2.26. The van der Waals surface area contributed by atoms with Gasteiger partial charge in [0.15, 0.2) is 5.96 Å². The normalized spacial score (nSPS) is 14.3. The van der Waals surface area contributed by atoms with Gasteiger partial charge in [0.1, 0.15) is 29.9 Å². The third kappa shape index (κ3) is 16.5. The Hall–Kier alpha value is -5.71. The molecule has 0 saturated carbocycles. The van der Waals surface area contributed by atoms with Gasteiger partial charge in [-0.1, -0.05) is 56.3 Å². The summed E-state index contributed by atoms with van der Waals surface area (Å²) < 4.78 is 0. The average molecular weight is 740 g/mol. The van der Waals surface area contributed by atoms with Crippen molar-refractivity contribution < 1.29 is 39.0 Å². The van der Waals surface area contributed by atoms with Gasteiger partial charge in [0.05, 0.1) is 18.6 Å². The number of carboxylic acids is 1. The Bertz CT molecular complexity index is 1570. The highest BCUT2D eigenvalue weighted by atomic mass is 16.4. The zero-order chi connectivity index (χ0) is 39.7. The Balaban J connectivity index is 2.08. The number of carboxylic acid groups (broad SMARTS) is 1. The van der Waals surface area contributed by atoms with Crippen LogP contribution >= 0.6 is 0 Å². The van der Waals surface area contributed by atoms with Crippen molar-refractivity contribution in [3.8, 4) is 5.75 Å². The first-order valence-electron chi connectivity index (χ1n) is 17.3. The van der Waals surface area contributed by atoms with E-state index in [4.69, 9.17) is 17.2 Å². The van der Waals surface area contributed by atoms with Crippen molar-refractivity contribution in [3.63, 3.8) is 0 Å². The first-order valence-corrected chi connectivity index (χ1v) is 17.3. The molecule has 2 aromatic carbocycles. The standard InChI is InChI=1S/C36H53N9O8/c1-20(2)16-28(33(50)44-27(35(52)53)15-10-21(3)41-36(38)39)45-34(51)29(18-23-8-6-5-7-9-23)43-30(47)19-40-31(48)22(4)42-32(49)26(37)17-24-11-13-25(46)14-12-24/h5-9,11-14,20-22,26-29,46H,10,15-19,37H2,1-4H3,(H,40,48)(H,42,49)(H,43,47)(H,44,50)(H,45,51)(H,52,53)(H4,38,39,41)/t21-,22-,26-,27+,28+,29-/m1/s1. The summed E-state index contributed by atoms with van der Waals surface area (Å²) in [5.41, 5.74) is 18.2. The van der Waals surface area contributed by atoms with Gasteiger partial charge in [-0.15, -0.1) is 0 Å². The van der Waals surface area contributed by atoms with E-state index in [1.165, 1.54) is 19.1 Å². The predicted octanol–water partition coefficient (Wildman–Crippen LogP) is -0.847. The fourth-order valence-corrected chi connectivity index (χ4v) is 5.22. The Morgan fingerprint density at radius 1 is 0.698 bits per heavy atom. The van der Waals surface area contributed by atoms with Crippen molar-refractivity contribution >= 4 is 41.5 Å². The number of guanidine groups is 1. The van der Waals surface area contributed by atoms with Crippen LogP contribution in [0.5, 0.6) is 5.75 Å². The van der Waals surface area contributed by atoms with E-state index in [9.17, 15) is 39.0 Å². The molecule has 290 valence electrons. The van der Waals surface area contributed by atoms with Gasteiger partial charge in [-0.2, -0.15) is 0 Å². The van der Waals surface area contributed by atoms with Gasteiger partial charge in [0.25, 0.3) is 0 Å². The molecule has 5 amide bonds. The number of nitrogens with one attached hydrogen (secondary N) is 5. The lowest BCUT2D eigenvalue weighted by atomic mass is 10.00. The molecule has 6 atom stereocenters. The number of aromatic hydroxyl groups is 1. The van der Waals surface area contributed by atoms with Crippen molar-refractivity contribution in [2.45, 2.75) is 96.1 Å². The largest absolute Gasteiger partial charge is 0.508 e. The molecule has 0 heterocycles. The highest BCUT2D eigenvalue weighted by Crippen LogP contribution is 2.12. The number of nitrogens with two attached hydrogens (primary N) is 3. The summed E-state index contributed by atoms with van der Waals surface area (Å²) >= 11 is 0. The SMILES string of the molecule is CC(C)C[C@H](NC(=O)[C@@H](Cc1ccccc1)NC(=O)CNC(=O)[C@@H](C)NC(=O)[C@H](N)Cc1ccc(O)cc1)C(=O)N[C@@H](CC[C@@H](C)N=C(N)N)C(=O)O. The molecule has 53 heavy (non-hydrogen) atoms. The molecule has 0 aliphatic carbocycles. The number of amides is 5. The Morgan fingerprint density at radius 3 is 1.87 bits per heavy atom. The summed E-state index contributed by atoms with van der Waals surface area (Å²) in [5, 5.41) is 31.9. The maximum absolute atomic E-state index is 13.7. The first-order chi connectivity index (χ1) is 24.9. The van der Waals surface area contributed by atoms with E-state index in [0.717, 1.165) is 0 Å². The van der Waals surface area contributed by atoms with Crippen molar-refractivity contribution in [1.82, 2.24) is 26.6 Å². The summed E-state index contributed by atoms with van der Waals surface area (Å²) in [6.07, 6.45) is 0.646. The van der Waals surface area contributed by atoms with Gasteiger partial charge in [0.2, 0.25) is 29.5 Å². The van der Waals surface area contributed by atoms with Crippen LogP contribution < -0.4 is 43.8 Å². The molecule has 17 heteroatoms. The summed E-state index contributed by atoms with van der Waals surface area (Å²) in [6.45, 7) is 6.24. The Kier molecular flexibility index (Phi) is 17.7. The number of benzene rings is 2. The molecular weight excluding hydrogens is 686 g/mol. The highest BCUT2D eigenvalue weighted by Gasteiger charge is 2.31. The number of hydrogen-bond donors (Lipinski definition) is 10. The number of nitrogens with zero attached hydrogens (tertiary/aromatic N) is 1. The van der Waals surface area contributed by atoms with Crippen LogP contribution in [0.1, 0.15) is 58.1 Å². The molecule has 0 aliphatic rings. The van der Waals surface area contributed by atoms with E-state index in [1.54, 1.807) is 49.4 Å². The maximum atomic E-state index is 13.7. The van der Waals surface area contributed by atoms with Gasteiger partial charge >= 0.3 is 5.97 Å². The molecule has 0 aromatic heterocycles. The van der Waals surface area contributed by atoms with Crippen LogP contribution in [0.15, 0.2) is 59.6 Å². The van der Waals surface area contributed by atoms with E-state index >= 15 is 0 Å². The van der Waals surface area contributed by atoms with Crippen LogP contribution in [-0.4, -0.2) is 94.5 Å². The Morgan fingerprint density at radius 2 is 1.28 bits per heavy atom. The number of rotatable bonds is 21. The van der Waals surface area contributed by atoms with E-state index in [0.29, 0.717) is 11.1 Å². The molecule has 0 spiro atoms. The number of carbonyl (C=O) groups excluding carboxylic acids is 5. The quantitative estimate of drug-likeness (QED) is 0.0556. The number of aliphatic imine (C=N–C) groups is 1. The number of aliphatic carboxylic acids is 1. The summed E-state index contributed by atoms with van der Waals surface area (Å²) in [4.78, 5) is 81.4. The molecule has 0 aliphatic heterocycles. The van der Waals surface area contributed by atoms with Crippen LogP contribution in [-0.2, 0) is 41.6 Å². The zero-order valence-electron chi connectivity index (χ0n) is 30.5. The van der Waals surface area contributed by atoms with Gasteiger partial charge < -0.3 is 54.0 Å². The van der Waals surface area contributed by atoms with Crippen LogP contribution in [0.2, 0.25) is 0 Å². The number of phenols is 1. The van der Waals surface area contributed by atoms with Gasteiger partial charge in [0, 0.05) is 6.42 Å². The van der Waals surface area contributed by atoms with Crippen molar-refractivity contribution in [3.05, 3.63) is 65.7 Å². The van der Waals surface area contributed by atoms with E-state index in [1.807, 2.05) is 13.8 Å². The third-order valence-electron chi connectivity index (χ3n) is 8.04. The molecule has 0 radical (unpaired) electrons. The molecule has 2 aromatic rings. The van der Waals surface area contributed by atoms with Crippen molar-refractivity contribution in [1.29, 1.82) is 0 Å². The second-order valence-corrected chi connectivity index (χ2v) is 13.3. The summed E-state index contributed by atoms with van der Waals surface area (Å²) in [5.74, 6) is -4.84. The minimum atomic E-state index is -1.28. The number of hydrogen-bond acceptors (Lipinski definition) is 9. The smallest absolute Gasteiger partial charge is 0.326 e. The lowest BCUT2D eigenvalue weighted by Crippen LogP contribution is -2.57. The van der Waals surface area contributed by atoms with Crippen LogP contribution in [0.25, 0.3) is 0 Å². The molecule has 0 fully saturated rings. The highest BCUT2D eigenvalue weighted by molar-refractivity contribution is 5.95. The van der Waals surface area contributed by atoms with Gasteiger partial charge in [-0.3, -0.25) is 29.0 Å². The fraction of sp³-hybridized carbons (Fsp3) is 0.472. The lowest BCUT2D eigenvalue weighted by molar-refractivity contribution is -0.142. The minimum Gasteiger partial charge on any atom is -0.508 e. The van der Waals surface area contributed by atoms with Crippen molar-refractivity contribution in [2.75, 3.05) is 6.54 Å². The summed E-state index contributed by atoms with van der Waals surface area (Å²) in [6, 6.07) is 8.96. The third-order valence-corrected chi connectivity index (χ3v) is 8.04. The second-order valence-electron chi connectivity index (χ2n) is 13.3. The van der Waals surface area contributed by atoms with E-state index in [2.05, 4.69) is 31.6 Å². The fourth-order valence-electron chi connectivity index (χ4n) is 5.22. The van der Waals surface area contributed by atoms with Gasteiger partial charge in [-0.25, -0.2) is 4.79 Å². The molecule has 0 unspecified atom stereocenters. The van der Waals surface area contributed by atoms with E-state index < -0.39 is 72.3 Å². The predicted molar refractivity (Wildman–Crippen MR) is 198 cm³/mol. The second kappa shape index (κ2) is 21.6. The number of phenolic OH excluding ortho intramolecular Hbond substituents is 1. The minimum absolute atomic E-state index is 0.0225. The van der Waals surface area contributed by atoms with Crippen LogP contribution in [0.3, 0.4) is 0 Å². The van der Waals surface area contributed by atoms with Gasteiger partial charge in [-0.05, 0) is 68.7 Å². The molecule has 13 N–H and O–H groups in total. The zero-order valence-corrected chi connectivity index (χ0v) is 30.5. The van der Waals surface area contributed by atoms with Crippen LogP contribution in [0, 0.1) is 5.92 Å². The summed E-state index contributed by atoms with van der Waals surface area (Å²) in [7, 11) is 0. The van der Waals surface area contributed by atoms with E-state index in [-0.39, 0.29) is 55.8 Å². The number of carbonyl (C=O) groups is 6. The molecule has 2 rings (SSSR count). The molecule has 0 bridgehead atoms. The molecule has 17 nitrogen and oxygen atoms in total. The first kappa shape index (κ1) is 43.5. The maximum Gasteiger partial charge on any atom is 0.326 e. The molecular formula is C36H53N9O8. The van der Waals surface area contributed by atoms with Crippen LogP contribution in [0.4, 0.5) is 0 Å². The van der Waals surface area contributed by atoms with Crippen molar-refractivity contribution in [2.24, 2.45) is 28.1 Å². The average Bonchev–Trinajstić information content (AvgIpc) is 3.08. The Labute approximate surface area is 308 Å². The molecule has 0 saturated heterocycles. The topological polar surface area (TPSA) is 293 Å².